The molecule has 3 aliphatic rings. The van der Waals surface area contributed by atoms with Gasteiger partial charge in [-0.15, -0.1) is 23.5 Å². The lowest BCUT2D eigenvalue weighted by Gasteiger charge is -2.40. The first-order chi connectivity index (χ1) is 9.97. The van der Waals surface area contributed by atoms with E-state index in [2.05, 4.69) is 0 Å². The van der Waals surface area contributed by atoms with E-state index in [4.69, 9.17) is 0 Å². The van der Waals surface area contributed by atoms with Crippen molar-refractivity contribution in [1.29, 1.82) is 0 Å². The SMILES string of the molecule is CSC1=C(SC)C(=O)[C@]2(C[N+](=O)[O-])[C@@H]3C=C[C@@H](C3)[C@@H]2C1=O. The summed E-state index contributed by atoms with van der Waals surface area (Å²) < 4.78 is 0. The second-order valence-electron chi connectivity index (χ2n) is 5.66. The van der Waals surface area contributed by atoms with Crippen molar-refractivity contribution in [2.45, 2.75) is 6.42 Å². The van der Waals surface area contributed by atoms with Crippen molar-refractivity contribution in [3.63, 3.8) is 0 Å². The molecule has 21 heavy (non-hydrogen) atoms. The number of thioether (sulfide) groups is 2. The molecule has 5 nitrogen and oxygen atoms in total. The van der Waals surface area contributed by atoms with Crippen LogP contribution in [0.4, 0.5) is 0 Å². The molecule has 0 saturated heterocycles. The van der Waals surface area contributed by atoms with Gasteiger partial charge in [0.1, 0.15) is 5.41 Å². The number of hydrogen-bond donors (Lipinski definition) is 0. The summed E-state index contributed by atoms with van der Waals surface area (Å²) in [6.45, 7) is -0.445. The van der Waals surface area contributed by atoms with Gasteiger partial charge in [-0.1, -0.05) is 12.2 Å². The highest BCUT2D eigenvalue weighted by Crippen LogP contribution is 2.61. The van der Waals surface area contributed by atoms with Crippen LogP contribution in [0.5, 0.6) is 0 Å². The van der Waals surface area contributed by atoms with Gasteiger partial charge in [0.2, 0.25) is 6.54 Å². The number of allylic oxidation sites excluding steroid dienone is 4. The summed E-state index contributed by atoms with van der Waals surface area (Å²) in [4.78, 5) is 37.5. The van der Waals surface area contributed by atoms with Crippen molar-refractivity contribution in [1.82, 2.24) is 0 Å². The minimum Gasteiger partial charge on any atom is -0.293 e. The van der Waals surface area contributed by atoms with E-state index in [1.807, 2.05) is 12.2 Å². The number of nitrogens with zero attached hydrogens (tertiary/aromatic N) is 1. The number of Topliss-reactive ketones (excluding diaryl/α,β-unsaturated/α-hetero) is 2. The molecule has 0 radical (unpaired) electrons. The van der Waals surface area contributed by atoms with Gasteiger partial charge in [0.05, 0.1) is 9.81 Å². The van der Waals surface area contributed by atoms with Gasteiger partial charge < -0.3 is 0 Å². The van der Waals surface area contributed by atoms with Crippen LogP contribution in [0.1, 0.15) is 6.42 Å². The van der Waals surface area contributed by atoms with Crippen LogP contribution in [0.25, 0.3) is 0 Å². The third-order valence-electron chi connectivity index (χ3n) is 4.90. The number of carbonyl (C=O) groups excluding carboxylic acids is 2. The summed E-state index contributed by atoms with van der Waals surface area (Å²) in [5, 5.41) is 11.2. The second kappa shape index (κ2) is 4.98. The fourth-order valence-corrected chi connectivity index (χ4v) is 5.92. The second-order valence-corrected chi connectivity index (χ2v) is 7.29. The summed E-state index contributed by atoms with van der Waals surface area (Å²) in [5.74, 6) is -1.04. The highest BCUT2D eigenvalue weighted by atomic mass is 32.2. The van der Waals surface area contributed by atoms with Crippen LogP contribution in [0.2, 0.25) is 0 Å². The molecule has 3 rings (SSSR count). The van der Waals surface area contributed by atoms with Crippen LogP contribution < -0.4 is 0 Å². The monoisotopic (exact) mass is 325 g/mol. The minimum atomic E-state index is -1.16. The van der Waals surface area contributed by atoms with Crippen molar-refractivity contribution in [2.24, 2.45) is 23.2 Å². The maximum atomic E-state index is 13.0. The van der Waals surface area contributed by atoms with Gasteiger partial charge in [0.15, 0.2) is 11.6 Å². The molecule has 0 aromatic rings. The Labute approximate surface area is 130 Å². The number of rotatable bonds is 4. The Hall–Kier alpha value is -1.08. The first-order valence-electron chi connectivity index (χ1n) is 6.68. The third-order valence-corrected chi connectivity index (χ3v) is 6.64. The predicted octanol–water partition coefficient (Wildman–Crippen LogP) is 2.16. The van der Waals surface area contributed by atoms with E-state index in [1.54, 1.807) is 12.5 Å². The average molecular weight is 325 g/mol. The largest absolute Gasteiger partial charge is 0.293 e. The average Bonchev–Trinajstić information content (AvgIpc) is 3.01. The molecule has 0 aliphatic heterocycles. The van der Waals surface area contributed by atoms with Crippen LogP contribution in [-0.4, -0.2) is 35.5 Å². The van der Waals surface area contributed by atoms with E-state index in [0.29, 0.717) is 16.2 Å². The van der Waals surface area contributed by atoms with Gasteiger partial charge in [0, 0.05) is 10.8 Å². The molecule has 1 fully saturated rings. The van der Waals surface area contributed by atoms with Gasteiger partial charge >= 0.3 is 0 Å². The number of fused-ring (bicyclic) bond motifs is 5. The standard InChI is InChI=1S/C14H15NO4S2/c1-20-11-10(16)9-7-3-4-8(5-7)14(9,6-15(18)19)13(17)12(11)21-2/h3-4,7-9H,5-6H2,1-2H3/t7-,8+,9+,14+/m0/s1. The Bertz CT molecular complexity index is 612. The van der Waals surface area contributed by atoms with Gasteiger partial charge in [-0.2, -0.15) is 0 Å². The highest BCUT2D eigenvalue weighted by Gasteiger charge is 2.68. The molecule has 4 atom stereocenters. The number of carbonyl (C=O) groups is 2. The van der Waals surface area contributed by atoms with Crippen LogP contribution in [-0.2, 0) is 9.59 Å². The topological polar surface area (TPSA) is 77.3 Å². The van der Waals surface area contributed by atoms with Crippen LogP contribution in [0.15, 0.2) is 22.0 Å². The van der Waals surface area contributed by atoms with E-state index >= 15 is 0 Å². The maximum Gasteiger partial charge on any atom is 0.218 e. The lowest BCUT2D eigenvalue weighted by Crippen LogP contribution is -2.53. The van der Waals surface area contributed by atoms with E-state index in [9.17, 15) is 19.7 Å². The van der Waals surface area contributed by atoms with E-state index in [-0.39, 0.29) is 23.4 Å². The Morgan fingerprint density at radius 3 is 2.52 bits per heavy atom. The zero-order valence-corrected chi connectivity index (χ0v) is 13.3. The Morgan fingerprint density at radius 2 is 1.95 bits per heavy atom. The molecule has 0 N–H and O–H groups in total. The summed E-state index contributed by atoms with van der Waals surface area (Å²) in [7, 11) is 0. The fourth-order valence-electron chi connectivity index (χ4n) is 4.15. The van der Waals surface area contributed by atoms with Crippen molar-refractivity contribution >= 4 is 35.1 Å². The van der Waals surface area contributed by atoms with Gasteiger partial charge in [-0.3, -0.25) is 19.7 Å². The first kappa shape index (κ1) is 14.8. The van der Waals surface area contributed by atoms with Crippen molar-refractivity contribution in [3.05, 3.63) is 32.1 Å². The zero-order chi connectivity index (χ0) is 15.4. The molecular formula is C14H15NO4S2. The quantitative estimate of drug-likeness (QED) is 0.448. The molecule has 0 amide bonds. The Kier molecular flexibility index (Phi) is 3.52. The van der Waals surface area contributed by atoms with Crippen molar-refractivity contribution in [3.8, 4) is 0 Å². The van der Waals surface area contributed by atoms with Crippen molar-refractivity contribution < 1.29 is 14.5 Å². The van der Waals surface area contributed by atoms with E-state index < -0.39 is 22.8 Å². The number of ketones is 2. The Morgan fingerprint density at radius 1 is 1.29 bits per heavy atom. The summed E-state index contributed by atoms with van der Waals surface area (Å²) >= 11 is 2.51. The predicted molar refractivity (Wildman–Crippen MR) is 82.6 cm³/mol. The molecule has 0 aromatic carbocycles. The molecule has 7 heteroatoms. The first-order valence-corrected chi connectivity index (χ1v) is 9.13. The maximum absolute atomic E-state index is 13.0. The molecule has 0 heterocycles. The molecule has 3 aliphatic carbocycles. The fraction of sp³-hybridized carbons (Fsp3) is 0.571. The third kappa shape index (κ3) is 1.80. The lowest BCUT2D eigenvalue weighted by atomic mass is 9.61. The van der Waals surface area contributed by atoms with E-state index in [1.165, 1.54) is 23.5 Å². The van der Waals surface area contributed by atoms with Crippen LogP contribution in [0, 0.1) is 33.3 Å². The number of nitro groups is 1. The molecule has 1 saturated carbocycles. The molecule has 112 valence electrons. The van der Waals surface area contributed by atoms with Crippen molar-refractivity contribution in [2.75, 3.05) is 19.1 Å². The van der Waals surface area contributed by atoms with Gasteiger partial charge in [0.25, 0.3) is 0 Å². The number of hydrogen-bond acceptors (Lipinski definition) is 6. The molecular weight excluding hydrogens is 310 g/mol. The molecule has 0 unspecified atom stereocenters. The minimum absolute atomic E-state index is 0.0306. The van der Waals surface area contributed by atoms with Crippen LogP contribution in [0.3, 0.4) is 0 Å². The van der Waals surface area contributed by atoms with Gasteiger partial charge in [-0.25, -0.2) is 0 Å². The highest BCUT2D eigenvalue weighted by molar-refractivity contribution is 8.07. The summed E-state index contributed by atoms with van der Waals surface area (Å²) in [5.41, 5.74) is -1.16. The molecule has 0 spiro atoms. The zero-order valence-electron chi connectivity index (χ0n) is 11.7. The van der Waals surface area contributed by atoms with Crippen LogP contribution >= 0.6 is 23.5 Å². The smallest absolute Gasteiger partial charge is 0.218 e. The summed E-state index contributed by atoms with van der Waals surface area (Å²) in [6.07, 6.45) is 8.07. The molecule has 0 aromatic heterocycles. The van der Waals surface area contributed by atoms with E-state index in [0.717, 1.165) is 0 Å². The lowest BCUT2D eigenvalue weighted by molar-refractivity contribution is -0.496. The summed E-state index contributed by atoms with van der Waals surface area (Å²) in [6, 6.07) is 0. The van der Waals surface area contributed by atoms with Gasteiger partial charge in [-0.05, 0) is 30.8 Å². The normalized spacial score (nSPS) is 37.3. The Balaban J connectivity index is 2.20. The molecule has 2 bridgehead atoms.